The fourth-order valence-electron chi connectivity index (χ4n) is 3.38. The fourth-order valence-corrected chi connectivity index (χ4v) is 3.38. The van der Waals surface area contributed by atoms with Crippen LogP contribution in [0.3, 0.4) is 0 Å². The molecule has 86 valence electrons. The minimum Gasteiger partial charge on any atom is -0.330 e. The second-order valence-corrected chi connectivity index (χ2v) is 5.83. The molecule has 1 saturated carbocycles. The van der Waals surface area contributed by atoms with Gasteiger partial charge in [0, 0.05) is 12.0 Å². The minimum atomic E-state index is 0.334. The SMILES string of the molecule is CC1Cc2ccc(C3(CN)CCC3)cc2C1. The van der Waals surface area contributed by atoms with Crippen LogP contribution in [0.4, 0.5) is 0 Å². The number of hydrogen-bond acceptors (Lipinski definition) is 1. The van der Waals surface area contributed by atoms with Crippen molar-refractivity contribution in [3.05, 3.63) is 34.9 Å². The predicted octanol–water partition coefficient (Wildman–Crippen LogP) is 2.80. The van der Waals surface area contributed by atoms with Crippen LogP contribution >= 0.6 is 0 Å². The highest BCUT2D eigenvalue weighted by atomic mass is 14.6. The van der Waals surface area contributed by atoms with Gasteiger partial charge in [-0.15, -0.1) is 0 Å². The summed E-state index contributed by atoms with van der Waals surface area (Å²) in [6.45, 7) is 3.17. The summed E-state index contributed by atoms with van der Waals surface area (Å²) in [6.07, 6.45) is 6.47. The standard InChI is InChI=1S/C15H21N/c1-11-7-12-3-4-14(9-13(12)8-11)15(10-16)5-2-6-15/h3-4,9,11H,2,5-8,10,16H2,1H3. The Morgan fingerprint density at radius 3 is 2.62 bits per heavy atom. The number of benzene rings is 1. The van der Waals surface area contributed by atoms with Crippen molar-refractivity contribution < 1.29 is 0 Å². The van der Waals surface area contributed by atoms with Crippen molar-refractivity contribution in [1.82, 2.24) is 0 Å². The van der Waals surface area contributed by atoms with Crippen LogP contribution in [-0.4, -0.2) is 6.54 Å². The van der Waals surface area contributed by atoms with E-state index in [2.05, 4.69) is 25.1 Å². The van der Waals surface area contributed by atoms with Crippen LogP contribution in [0, 0.1) is 5.92 Å². The molecule has 0 aliphatic heterocycles. The maximum absolute atomic E-state index is 5.97. The molecule has 16 heavy (non-hydrogen) atoms. The van der Waals surface area contributed by atoms with E-state index in [9.17, 15) is 0 Å². The third-order valence-electron chi connectivity index (χ3n) is 4.66. The molecular formula is C15H21N. The van der Waals surface area contributed by atoms with Crippen LogP contribution in [0.25, 0.3) is 0 Å². The molecule has 1 atom stereocenters. The zero-order valence-corrected chi connectivity index (χ0v) is 10.1. The number of fused-ring (bicyclic) bond motifs is 1. The average Bonchev–Trinajstić information content (AvgIpc) is 2.56. The molecule has 0 radical (unpaired) electrons. The zero-order valence-electron chi connectivity index (χ0n) is 10.1. The van der Waals surface area contributed by atoms with Crippen LogP contribution in [0.5, 0.6) is 0 Å². The fraction of sp³-hybridized carbons (Fsp3) is 0.600. The summed E-state index contributed by atoms with van der Waals surface area (Å²) < 4.78 is 0. The molecule has 1 unspecified atom stereocenters. The monoisotopic (exact) mass is 215 g/mol. The average molecular weight is 215 g/mol. The van der Waals surface area contributed by atoms with Gasteiger partial charge in [-0.05, 0) is 48.3 Å². The first-order valence-electron chi connectivity index (χ1n) is 6.56. The molecule has 1 heteroatoms. The third kappa shape index (κ3) is 1.41. The van der Waals surface area contributed by atoms with Crippen LogP contribution < -0.4 is 5.73 Å². The van der Waals surface area contributed by atoms with E-state index in [0.29, 0.717) is 5.41 Å². The van der Waals surface area contributed by atoms with Gasteiger partial charge in [-0.3, -0.25) is 0 Å². The van der Waals surface area contributed by atoms with Gasteiger partial charge in [0.1, 0.15) is 0 Å². The lowest BCUT2D eigenvalue weighted by Gasteiger charge is -2.41. The van der Waals surface area contributed by atoms with E-state index in [4.69, 9.17) is 5.73 Å². The van der Waals surface area contributed by atoms with Crippen molar-refractivity contribution in [2.75, 3.05) is 6.54 Å². The Morgan fingerprint density at radius 2 is 2.00 bits per heavy atom. The summed E-state index contributed by atoms with van der Waals surface area (Å²) in [6, 6.07) is 7.14. The highest BCUT2D eigenvalue weighted by Gasteiger charge is 2.37. The van der Waals surface area contributed by atoms with E-state index >= 15 is 0 Å². The quantitative estimate of drug-likeness (QED) is 0.806. The van der Waals surface area contributed by atoms with Crippen molar-refractivity contribution >= 4 is 0 Å². The van der Waals surface area contributed by atoms with Crippen molar-refractivity contribution in [3.63, 3.8) is 0 Å². The smallest absolute Gasteiger partial charge is 0.00756 e. The van der Waals surface area contributed by atoms with Crippen molar-refractivity contribution in [2.24, 2.45) is 11.7 Å². The van der Waals surface area contributed by atoms with Crippen molar-refractivity contribution in [2.45, 2.75) is 44.4 Å². The summed E-state index contributed by atoms with van der Waals surface area (Å²) in [7, 11) is 0. The second-order valence-electron chi connectivity index (χ2n) is 5.83. The van der Waals surface area contributed by atoms with Gasteiger partial charge in [-0.1, -0.05) is 31.5 Å². The lowest BCUT2D eigenvalue weighted by molar-refractivity contribution is 0.253. The molecule has 1 aromatic carbocycles. The molecule has 3 rings (SSSR count). The maximum atomic E-state index is 5.97. The summed E-state index contributed by atoms with van der Waals surface area (Å²) in [5.74, 6) is 0.834. The molecule has 0 bridgehead atoms. The van der Waals surface area contributed by atoms with Gasteiger partial charge < -0.3 is 5.73 Å². The first kappa shape index (κ1) is 10.3. The van der Waals surface area contributed by atoms with E-state index in [0.717, 1.165) is 12.5 Å². The van der Waals surface area contributed by atoms with E-state index in [1.165, 1.54) is 37.7 Å². The van der Waals surface area contributed by atoms with Crippen molar-refractivity contribution in [3.8, 4) is 0 Å². The summed E-state index contributed by atoms with van der Waals surface area (Å²) in [5.41, 5.74) is 11.0. The molecule has 0 spiro atoms. The summed E-state index contributed by atoms with van der Waals surface area (Å²) in [4.78, 5) is 0. The highest BCUT2D eigenvalue weighted by Crippen LogP contribution is 2.44. The Hall–Kier alpha value is -0.820. The zero-order chi connectivity index (χ0) is 11.2. The van der Waals surface area contributed by atoms with Crippen LogP contribution in [0.1, 0.15) is 42.9 Å². The topological polar surface area (TPSA) is 26.0 Å². The van der Waals surface area contributed by atoms with Crippen molar-refractivity contribution in [1.29, 1.82) is 0 Å². The normalized spacial score (nSPS) is 26.2. The molecule has 1 fully saturated rings. The number of hydrogen-bond donors (Lipinski definition) is 1. The van der Waals surface area contributed by atoms with E-state index in [-0.39, 0.29) is 0 Å². The number of nitrogens with two attached hydrogens (primary N) is 1. The molecule has 0 heterocycles. The highest BCUT2D eigenvalue weighted by molar-refractivity contribution is 5.40. The summed E-state index contributed by atoms with van der Waals surface area (Å²) >= 11 is 0. The molecule has 2 N–H and O–H groups in total. The molecular weight excluding hydrogens is 194 g/mol. The first-order chi connectivity index (χ1) is 7.73. The lowest BCUT2D eigenvalue weighted by Crippen LogP contribution is -2.41. The van der Waals surface area contributed by atoms with E-state index in [1.807, 2.05) is 0 Å². The van der Waals surface area contributed by atoms with Gasteiger partial charge in [0.15, 0.2) is 0 Å². The number of rotatable bonds is 2. The van der Waals surface area contributed by atoms with Gasteiger partial charge in [0.2, 0.25) is 0 Å². The third-order valence-corrected chi connectivity index (χ3v) is 4.66. The molecule has 0 aromatic heterocycles. The predicted molar refractivity (Wildman–Crippen MR) is 67.6 cm³/mol. The van der Waals surface area contributed by atoms with E-state index in [1.54, 1.807) is 11.1 Å². The van der Waals surface area contributed by atoms with Gasteiger partial charge >= 0.3 is 0 Å². The largest absolute Gasteiger partial charge is 0.330 e. The molecule has 1 nitrogen and oxygen atoms in total. The van der Waals surface area contributed by atoms with Crippen LogP contribution in [-0.2, 0) is 18.3 Å². The molecule has 2 aliphatic rings. The molecule has 0 saturated heterocycles. The first-order valence-corrected chi connectivity index (χ1v) is 6.56. The Kier molecular flexibility index (Phi) is 2.32. The maximum Gasteiger partial charge on any atom is 0.00756 e. The van der Waals surface area contributed by atoms with Crippen LogP contribution in [0.2, 0.25) is 0 Å². The van der Waals surface area contributed by atoms with Crippen LogP contribution in [0.15, 0.2) is 18.2 Å². The Morgan fingerprint density at radius 1 is 1.25 bits per heavy atom. The Balaban J connectivity index is 1.96. The Labute approximate surface area is 98.0 Å². The second kappa shape index (κ2) is 3.59. The van der Waals surface area contributed by atoms with Gasteiger partial charge in [0.05, 0.1) is 0 Å². The lowest BCUT2D eigenvalue weighted by atomic mass is 9.64. The Bertz CT molecular complexity index is 398. The van der Waals surface area contributed by atoms with Gasteiger partial charge in [0.25, 0.3) is 0 Å². The van der Waals surface area contributed by atoms with E-state index < -0.39 is 0 Å². The summed E-state index contributed by atoms with van der Waals surface area (Å²) in [5, 5.41) is 0. The molecule has 2 aliphatic carbocycles. The van der Waals surface area contributed by atoms with Gasteiger partial charge in [-0.25, -0.2) is 0 Å². The molecule has 1 aromatic rings. The minimum absolute atomic E-state index is 0.334. The van der Waals surface area contributed by atoms with Gasteiger partial charge in [-0.2, -0.15) is 0 Å². The molecule has 0 amide bonds.